The van der Waals surface area contributed by atoms with Crippen molar-refractivity contribution in [1.29, 1.82) is 0 Å². The topological polar surface area (TPSA) is 126 Å². The molecule has 1 unspecified atom stereocenters. The Morgan fingerprint density at radius 2 is 1.19 bits per heavy atom. The van der Waals surface area contributed by atoms with Crippen molar-refractivity contribution in [3.05, 3.63) is 104 Å². The van der Waals surface area contributed by atoms with Gasteiger partial charge in [0, 0.05) is 13.7 Å². The van der Waals surface area contributed by atoms with E-state index < -0.39 is 17.4 Å². The van der Waals surface area contributed by atoms with Crippen molar-refractivity contribution in [2.45, 2.75) is 53.4 Å². The smallest absolute Gasteiger partial charge is 0.342 e. The van der Waals surface area contributed by atoms with Gasteiger partial charge in [-0.3, -0.25) is 0 Å². The summed E-state index contributed by atoms with van der Waals surface area (Å²) in [5.74, 6) is -0.242. The Bertz CT molecular complexity index is 1750. The average Bonchev–Trinajstić information content (AvgIpc) is 3.36. The second kappa shape index (κ2) is 21.5. The van der Waals surface area contributed by atoms with E-state index in [2.05, 4.69) is 39.8 Å². The van der Waals surface area contributed by atoms with E-state index in [0.717, 1.165) is 45.4 Å². The average molecular weight is 791 g/mol. The lowest BCUT2D eigenvalue weighted by atomic mass is 9.60. The number of carbonyl (C=O) groups is 2. The lowest BCUT2D eigenvalue weighted by Crippen LogP contribution is -2.34. The SMILES string of the molecule is CCCOCCOCCOOc1ccc(C2(c3ccc(OCCOCCOCCOC)c(C(=O)OCC)c3)C3=C(C=C3C)C3=CC(C(C)C)=C32)cc1C(=O)OCC. The van der Waals surface area contributed by atoms with Gasteiger partial charge in [-0.2, -0.15) is 4.89 Å². The van der Waals surface area contributed by atoms with Gasteiger partial charge < -0.3 is 42.8 Å². The summed E-state index contributed by atoms with van der Waals surface area (Å²) in [6.07, 6.45) is 5.40. The second-order valence-electron chi connectivity index (χ2n) is 14.0. The van der Waals surface area contributed by atoms with Crippen molar-refractivity contribution in [3.8, 4) is 11.5 Å². The number of methoxy groups -OCH3 is 1. The van der Waals surface area contributed by atoms with Crippen molar-refractivity contribution in [1.82, 2.24) is 0 Å². The van der Waals surface area contributed by atoms with Crippen LogP contribution in [0.15, 0.2) is 82.0 Å². The van der Waals surface area contributed by atoms with E-state index in [0.29, 0.717) is 64.2 Å². The molecule has 0 radical (unpaired) electrons. The summed E-state index contributed by atoms with van der Waals surface area (Å²) in [4.78, 5) is 38.5. The molecule has 0 aromatic heterocycles. The van der Waals surface area contributed by atoms with Gasteiger partial charge in [0.1, 0.15) is 30.1 Å². The highest BCUT2D eigenvalue weighted by Gasteiger charge is 2.56. The molecule has 0 amide bonds. The maximum atomic E-state index is 13.7. The highest BCUT2D eigenvalue weighted by atomic mass is 17.2. The summed E-state index contributed by atoms with van der Waals surface area (Å²) in [6.45, 7) is 16.8. The van der Waals surface area contributed by atoms with E-state index >= 15 is 0 Å². The molecule has 310 valence electrons. The van der Waals surface area contributed by atoms with Crippen molar-refractivity contribution >= 4 is 11.9 Å². The molecule has 2 aromatic carbocycles. The zero-order valence-corrected chi connectivity index (χ0v) is 34.5. The zero-order valence-electron chi connectivity index (χ0n) is 34.5. The summed E-state index contributed by atoms with van der Waals surface area (Å²) >= 11 is 0. The molecule has 0 aliphatic heterocycles. The number of hydrogen-bond acceptors (Lipinski definition) is 12. The fraction of sp³-hybridized carbons (Fsp3) is 0.511. The quantitative estimate of drug-likeness (QED) is 0.0390. The van der Waals surface area contributed by atoms with E-state index in [-0.39, 0.29) is 50.3 Å². The Labute approximate surface area is 336 Å². The van der Waals surface area contributed by atoms with Gasteiger partial charge in [-0.25, -0.2) is 9.59 Å². The van der Waals surface area contributed by atoms with E-state index in [4.69, 9.17) is 47.7 Å². The lowest BCUT2D eigenvalue weighted by molar-refractivity contribution is -0.215. The van der Waals surface area contributed by atoms with Crippen LogP contribution in [-0.4, -0.2) is 105 Å². The Balaban J connectivity index is 1.50. The number of esters is 2. The van der Waals surface area contributed by atoms with E-state index in [1.807, 2.05) is 30.3 Å². The van der Waals surface area contributed by atoms with Crippen LogP contribution in [0.4, 0.5) is 0 Å². The molecule has 0 saturated carbocycles. The number of hydrogen-bond donors (Lipinski definition) is 0. The highest BCUT2D eigenvalue weighted by molar-refractivity contribution is 5.96. The van der Waals surface area contributed by atoms with Gasteiger partial charge in [0.2, 0.25) is 0 Å². The molecule has 12 nitrogen and oxygen atoms in total. The van der Waals surface area contributed by atoms with Gasteiger partial charge in [0.05, 0.1) is 71.5 Å². The molecule has 0 spiro atoms. The van der Waals surface area contributed by atoms with Gasteiger partial charge in [-0.1, -0.05) is 45.1 Å². The number of ether oxygens (including phenoxy) is 8. The maximum Gasteiger partial charge on any atom is 0.342 e. The lowest BCUT2D eigenvalue weighted by Gasteiger charge is -2.41. The molecule has 0 N–H and O–H groups in total. The molecular formula is C45H58O12. The van der Waals surface area contributed by atoms with E-state index in [1.54, 1.807) is 27.0 Å². The van der Waals surface area contributed by atoms with Crippen LogP contribution in [0.25, 0.3) is 0 Å². The van der Waals surface area contributed by atoms with Gasteiger partial charge in [0.15, 0.2) is 5.75 Å². The van der Waals surface area contributed by atoms with Crippen molar-refractivity contribution in [3.63, 3.8) is 0 Å². The molecule has 3 aliphatic carbocycles. The molecule has 5 rings (SSSR count). The van der Waals surface area contributed by atoms with E-state index in [1.165, 1.54) is 5.57 Å². The Kier molecular flexibility index (Phi) is 16.5. The van der Waals surface area contributed by atoms with Crippen LogP contribution in [0.3, 0.4) is 0 Å². The van der Waals surface area contributed by atoms with Crippen molar-refractivity contribution < 1.29 is 57.3 Å². The number of allylic oxidation sites excluding steroid dienone is 8. The molecular weight excluding hydrogens is 732 g/mol. The number of carbonyl (C=O) groups excluding carboxylic acids is 2. The fourth-order valence-corrected chi connectivity index (χ4v) is 7.34. The summed E-state index contributed by atoms with van der Waals surface area (Å²) in [6, 6.07) is 11.2. The summed E-state index contributed by atoms with van der Waals surface area (Å²) in [7, 11) is 1.63. The van der Waals surface area contributed by atoms with Gasteiger partial charge in [-0.15, -0.1) is 0 Å². The third-order valence-electron chi connectivity index (χ3n) is 9.83. The van der Waals surface area contributed by atoms with Crippen LogP contribution in [-0.2, 0) is 43.5 Å². The monoisotopic (exact) mass is 790 g/mol. The standard InChI is InChI=1S/C45H58O12/c1-8-15-49-18-19-52-23-25-56-57-40-14-12-33(28-38(40)44(47)54-10-3)45(41-31(6)26-35(41)36-29-34(30(4)5)42(36)45)32-11-13-39(37(27-32)43(46)53-9-2)55-24-22-51-21-20-50-17-16-48-7/h11-14,26-30H,8-10,15-25H2,1-7H3. The minimum absolute atomic E-state index is 0.140. The largest absolute Gasteiger partial charge is 0.490 e. The van der Waals surface area contributed by atoms with Gasteiger partial charge in [-0.05, 0) is 102 Å². The Morgan fingerprint density at radius 3 is 1.75 bits per heavy atom. The maximum absolute atomic E-state index is 13.7. The van der Waals surface area contributed by atoms with Crippen LogP contribution in [0.5, 0.6) is 11.5 Å². The molecule has 12 heteroatoms. The third kappa shape index (κ3) is 9.88. The number of fused-ring (bicyclic) bond motifs is 2. The number of rotatable bonds is 27. The van der Waals surface area contributed by atoms with Crippen LogP contribution in [0.1, 0.15) is 79.8 Å². The zero-order chi connectivity index (χ0) is 40.8. The molecule has 2 aromatic rings. The van der Waals surface area contributed by atoms with Crippen LogP contribution in [0, 0.1) is 5.92 Å². The fourth-order valence-electron chi connectivity index (χ4n) is 7.34. The molecule has 0 heterocycles. The molecule has 3 aliphatic rings. The summed E-state index contributed by atoms with van der Waals surface area (Å²) in [5, 5.41) is 0. The van der Waals surface area contributed by atoms with Crippen molar-refractivity contribution in [2.75, 3.05) is 93.0 Å². The first kappa shape index (κ1) is 43.8. The predicted octanol–water partition coefficient (Wildman–Crippen LogP) is 7.30. The minimum Gasteiger partial charge on any atom is -0.490 e. The Morgan fingerprint density at radius 1 is 0.649 bits per heavy atom. The number of benzene rings is 2. The normalized spacial score (nSPS) is 16.8. The molecule has 0 fully saturated rings. The van der Waals surface area contributed by atoms with Crippen LogP contribution in [0.2, 0.25) is 0 Å². The molecule has 0 saturated heterocycles. The summed E-state index contributed by atoms with van der Waals surface area (Å²) in [5.41, 5.74) is 8.14. The minimum atomic E-state index is -0.877. The van der Waals surface area contributed by atoms with Crippen LogP contribution >= 0.6 is 0 Å². The molecule has 57 heavy (non-hydrogen) atoms. The summed E-state index contributed by atoms with van der Waals surface area (Å²) < 4.78 is 44.4. The molecule has 0 bridgehead atoms. The predicted molar refractivity (Wildman–Crippen MR) is 214 cm³/mol. The van der Waals surface area contributed by atoms with Gasteiger partial charge >= 0.3 is 11.9 Å². The first-order valence-corrected chi connectivity index (χ1v) is 20.0. The third-order valence-corrected chi connectivity index (χ3v) is 9.83. The van der Waals surface area contributed by atoms with Gasteiger partial charge in [0.25, 0.3) is 0 Å². The highest BCUT2D eigenvalue weighted by Crippen LogP contribution is 2.66. The first-order valence-electron chi connectivity index (χ1n) is 20.0. The molecule has 1 atom stereocenters. The van der Waals surface area contributed by atoms with E-state index in [9.17, 15) is 9.59 Å². The van der Waals surface area contributed by atoms with Crippen LogP contribution < -0.4 is 9.62 Å². The second-order valence-corrected chi connectivity index (χ2v) is 14.0. The Hall–Kier alpha value is -4.30. The first-order chi connectivity index (χ1) is 27.7. The van der Waals surface area contributed by atoms with Crippen molar-refractivity contribution in [2.24, 2.45) is 5.92 Å².